The van der Waals surface area contributed by atoms with Crippen molar-refractivity contribution in [2.24, 2.45) is 0 Å². The molecule has 26 heavy (non-hydrogen) atoms. The largest absolute Gasteiger partial charge is 0.325 e. The Morgan fingerprint density at radius 2 is 1.42 bits per heavy atom. The lowest BCUT2D eigenvalue weighted by Crippen LogP contribution is -2.14. The van der Waals surface area contributed by atoms with Crippen molar-refractivity contribution in [3.05, 3.63) is 102 Å². The van der Waals surface area contributed by atoms with E-state index in [-0.39, 0.29) is 11.7 Å². The molecule has 0 saturated heterocycles. The van der Waals surface area contributed by atoms with Gasteiger partial charge >= 0.3 is 0 Å². The molecule has 0 unspecified atom stereocenters. The topological polar surface area (TPSA) is 46.2 Å². The van der Waals surface area contributed by atoms with Crippen LogP contribution in [0.3, 0.4) is 0 Å². The van der Waals surface area contributed by atoms with E-state index in [9.17, 15) is 9.59 Å². The third kappa shape index (κ3) is 5.07. The lowest BCUT2D eigenvalue weighted by Gasteiger charge is -2.07. The van der Waals surface area contributed by atoms with Crippen molar-refractivity contribution in [1.29, 1.82) is 0 Å². The molecule has 4 heteroatoms. The number of anilines is 1. The van der Waals surface area contributed by atoms with Gasteiger partial charge in [0.05, 0.1) is 5.75 Å². The number of thioether (sulfide) groups is 1. The van der Waals surface area contributed by atoms with Crippen molar-refractivity contribution in [2.45, 2.75) is 5.75 Å². The monoisotopic (exact) mass is 361 g/mol. The van der Waals surface area contributed by atoms with E-state index in [0.29, 0.717) is 22.6 Å². The number of ketones is 1. The smallest absolute Gasteiger partial charge is 0.234 e. The summed E-state index contributed by atoms with van der Waals surface area (Å²) in [5.74, 6) is 1.03. The first kappa shape index (κ1) is 18.0. The van der Waals surface area contributed by atoms with Gasteiger partial charge in [0.1, 0.15) is 0 Å². The van der Waals surface area contributed by atoms with Crippen molar-refractivity contribution < 1.29 is 9.59 Å². The van der Waals surface area contributed by atoms with Crippen LogP contribution in [0.2, 0.25) is 0 Å². The van der Waals surface area contributed by atoms with Crippen LogP contribution in [0, 0.1) is 0 Å². The molecule has 0 bridgehead atoms. The first-order valence-corrected chi connectivity index (χ1v) is 9.49. The number of nitrogens with one attached hydrogen (secondary N) is 1. The maximum Gasteiger partial charge on any atom is 0.234 e. The second kappa shape index (κ2) is 9.02. The van der Waals surface area contributed by atoms with E-state index in [0.717, 1.165) is 5.75 Å². The minimum absolute atomic E-state index is 0.0554. The molecule has 3 aromatic carbocycles. The molecule has 3 nitrogen and oxygen atoms in total. The van der Waals surface area contributed by atoms with Crippen LogP contribution in [0.25, 0.3) is 0 Å². The van der Waals surface area contributed by atoms with E-state index in [1.54, 1.807) is 48.2 Å². The third-order valence-corrected chi connectivity index (χ3v) is 4.79. The molecular formula is C22H19NO2S. The van der Waals surface area contributed by atoms with E-state index in [4.69, 9.17) is 0 Å². The molecule has 1 amide bonds. The van der Waals surface area contributed by atoms with E-state index in [1.165, 1.54) is 5.56 Å². The fourth-order valence-corrected chi connectivity index (χ4v) is 3.32. The Balaban J connectivity index is 1.56. The van der Waals surface area contributed by atoms with Crippen molar-refractivity contribution >= 4 is 29.1 Å². The minimum atomic E-state index is -0.0739. The average molecular weight is 361 g/mol. The minimum Gasteiger partial charge on any atom is -0.325 e. The molecule has 0 fully saturated rings. The number of benzene rings is 3. The zero-order valence-electron chi connectivity index (χ0n) is 14.2. The fraction of sp³-hybridized carbons (Fsp3) is 0.0909. The number of carbonyl (C=O) groups excluding carboxylic acids is 2. The molecule has 0 radical (unpaired) electrons. The maximum absolute atomic E-state index is 12.5. The highest BCUT2D eigenvalue weighted by molar-refractivity contribution is 7.99. The first-order chi connectivity index (χ1) is 12.7. The summed E-state index contributed by atoms with van der Waals surface area (Å²) in [7, 11) is 0. The second-order valence-corrected chi connectivity index (χ2v) is 6.79. The van der Waals surface area contributed by atoms with Crippen LogP contribution >= 0.6 is 11.8 Å². The summed E-state index contributed by atoms with van der Waals surface area (Å²) in [6, 6.07) is 26.2. The summed E-state index contributed by atoms with van der Waals surface area (Å²) in [6.07, 6.45) is 0. The second-order valence-electron chi connectivity index (χ2n) is 5.80. The molecule has 0 heterocycles. The van der Waals surface area contributed by atoms with Crippen LogP contribution in [0.1, 0.15) is 21.5 Å². The summed E-state index contributed by atoms with van der Waals surface area (Å²) in [5, 5.41) is 2.86. The van der Waals surface area contributed by atoms with Gasteiger partial charge in [-0.05, 0) is 17.7 Å². The highest BCUT2D eigenvalue weighted by Crippen LogP contribution is 2.16. The molecule has 1 N–H and O–H groups in total. The molecule has 0 aliphatic heterocycles. The van der Waals surface area contributed by atoms with Crippen molar-refractivity contribution in [1.82, 2.24) is 0 Å². The van der Waals surface area contributed by atoms with E-state index in [1.807, 2.05) is 48.5 Å². The van der Waals surface area contributed by atoms with Gasteiger partial charge < -0.3 is 5.32 Å². The Morgan fingerprint density at radius 3 is 2.15 bits per heavy atom. The zero-order chi connectivity index (χ0) is 18.2. The van der Waals surface area contributed by atoms with Crippen LogP contribution < -0.4 is 5.32 Å². The Hall–Kier alpha value is -2.85. The molecule has 0 spiro atoms. The predicted octanol–water partition coefficient (Wildman–Crippen LogP) is 4.79. The maximum atomic E-state index is 12.5. The third-order valence-electron chi connectivity index (χ3n) is 3.79. The van der Waals surface area contributed by atoms with Gasteiger partial charge in [-0.2, -0.15) is 0 Å². The van der Waals surface area contributed by atoms with Gasteiger partial charge in [-0.15, -0.1) is 11.8 Å². The molecule has 0 saturated carbocycles. The summed E-state index contributed by atoms with van der Waals surface area (Å²) >= 11 is 1.56. The van der Waals surface area contributed by atoms with Gasteiger partial charge in [0.25, 0.3) is 0 Å². The molecule has 0 aromatic heterocycles. The Bertz CT molecular complexity index is 879. The van der Waals surface area contributed by atoms with Gasteiger partial charge in [0, 0.05) is 22.6 Å². The van der Waals surface area contributed by atoms with Crippen molar-refractivity contribution in [3.63, 3.8) is 0 Å². The molecule has 0 aliphatic carbocycles. The fourth-order valence-electron chi connectivity index (χ4n) is 2.53. The Morgan fingerprint density at radius 1 is 0.769 bits per heavy atom. The van der Waals surface area contributed by atoms with Crippen LogP contribution in [-0.4, -0.2) is 17.4 Å². The van der Waals surface area contributed by atoms with Gasteiger partial charge in [-0.3, -0.25) is 9.59 Å². The Kier molecular flexibility index (Phi) is 6.23. The quantitative estimate of drug-likeness (QED) is 0.616. The lowest BCUT2D eigenvalue weighted by atomic mass is 10.0. The summed E-state index contributed by atoms with van der Waals surface area (Å²) in [6.45, 7) is 0. The summed E-state index contributed by atoms with van der Waals surface area (Å²) in [4.78, 5) is 24.6. The van der Waals surface area contributed by atoms with Gasteiger partial charge in [0.2, 0.25) is 5.91 Å². The number of hydrogen-bond acceptors (Lipinski definition) is 3. The highest BCUT2D eigenvalue weighted by atomic mass is 32.2. The van der Waals surface area contributed by atoms with Crippen molar-refractivity contribution in [2.75, 3.05) is 11.1 Å². The molecular weight excluding hydrogens is 342 g/mol. The van der Waals surface area contributed by atoms with E-state index < -0.39 is 0 Å². The van der Waals surface area contributed by atoms with Gasteiger partial charge in [-0.25, -0.2) is 0 Å². The molecule has 130 valence electrons. The van der Waals surface area contributed by atoms with Crippen molar-refractivity contribution in [3.8, 4) is 0 Å². The normalized spacial score (nSPS) is 10.3. The molecule has 3 rings (SSSR count). The number of carbonyl (C=O) groups is 2. The standard InChI is InChI=1S/C22H19NO2S/c24-21(16-26-15-17-8-3-1-4-9-17)23-20-13-7-12-19(14-20)22(25)18-10-5-2-6-11-18/h1-14H,15-16H2,(H,23,24). The predicted molar refractivity (Wildman–Crippen MR) is 108 cm³/mol. The zero-order valence-corrected chi connectivity index (χ0v) is 15.0. The number of rotatable bonds is 7. The average Bonchev–Trinajstić information content (AvgIpc) is 2.69. The molecule has 0 atom stereocenters. The molecule has 0 aliphatic rings. The Labute approximate surface area is 157 Å². The first-order valence-electron chi connectivity index (χ1n) is 8.34. The SMILES string of the molecule is O=C(CSCc1ccccc1)Nc1cccc(C(=O)c2ccccc2)c1. The van der Waals surface area contributed by atoms with Gasteiger partial charge in [-0.1, -0.05) is 72.8 Å². The lowest BCUT2D eigenvalue weighted by molar-refractivity contribution is -0.113. The summed E-state index contributed by atoms with van der Waals surface area (Å²) in [5.41, 5.74) is 3.03. The van der Waals surface area contributed by atoms with Crippen LogP contribution in [0.4, 0.5) is 5.69 Å². The summed E-state index contributed by atoms with van der Waals surface area (Å²) < 4.78 is 0. The van der Waals surface area contributed by atoms with Crippen LogP contribution in [0.15, 0.2) is 84.9 Å². The van der Waals surface area contributed by atoms with Gasteiger partial charge in [0.15, 0.2) is 5.78 Å². The highest BCUT2D eigenvalue weighted by Gasteiger charge is 2.10. The number of amides is 1. The molecule has 3 aromatic rings. The number of hydrogen-bond donors (Lipinski definition) is 1. The van der Waals surface area contributed by atoms with Crippen LogP contribution in [0.5, 0.6) is 0 Å². The van der Waals surface area contributed by atoms with E-state index in [2.05, 4.69) is 5.32 Å². The van der Waals surface area contributed by atoms with E-state index >= 15 is 0 Å². The van der Waals surface area contributed by atoms with Crippen LogP contribution in [-0.2, 0) is 10.5 Å².